The van der Waals surface area contributed by atoms with Gasteiger partial charge >= 0.3 is 12.0 Å². The molecule has 2 rings (SSSR count). The highest BCUT2D eigenvalue weighted by Gasteiger charge is 2.37. The number of H-pyrrole nitrogens is 1. The number of nitrogens with one attached hydrogen (secondary N) is 1. The van der Waals surface area contributed by atoms with Crippen LogP contribution in [0.15, 0.2) is 6.33 Å². The molecule has 0 aliphatic carbocycles. The van der Waals surface area contributed by atoms with Crippen LogP contribution in [0.25, 0.3) is 0 Å². The van der Waals surface area contributed by atoms with Crippen molar-refractivity contribution < 1.29 is 14.7 Å². The molecular formula is C13H17N5O3. The van der Waals surface area contributed by atoms with Gasteiger partial charge in [-0.3, -0.25) is 0 Å². The first kappa shape index (κ1) is 14.8. The van der Waals surface area contributed by atoms with Crippen molar-refractivity contribution in [1.82, 2.24) is 19.8 Å². The van der Waals surface area contributed by atoms with Gasteiger partial charge in [-0.05, 0) is 6.92 Å². The molecule has 2 atom stereocenters. The van der Waals surface area contributed by atoms with E-state index in [4.69, 9.17) is 5.26 Å². The van der Waals surface area contributed by atoms with Crippen LogP contribution in [0, 0.1) is 11.3 Å². The Labute approximate surface area is 122 Å². The van der Waals surface area contributed by atoms with E-state index in [-0.39, 0.29) is 25.4 Å². The number of rotatable bonds is 3. The summed E-state index contributed by atoms with van der Waals surface area (Å²) in [6, 6.07) is 0.392. The highest BCUT2D eigenvalue weighted by molar-refractivity contribution is 5.83. The van der Waals surface area contributed by atoms with Gasteiger partial charge in [-0.2, -0.15) is 5.26 Å². The fourth-order valence-corrected chi connectivity index (χ4v) is 2.32. The predicted octanol–water partition coefficient (Wildman–Crippen LogP) is 0.575. The maximum atomic E-state index is 12.5. The van der Waals surface area contributed by atoms with Gasteiger partial charge < -0.3 is 19.9 Å². The molecule has 8 nitrogen and oxygen atoms in total. The van der Waals surface area contributed by atoms with Gasteiger partial charge in [-0.25, -0.2) is 14.6 Å². The normalized spacial score (nSPS) is 18.5. The Morgan fingerprint density at radius 3 is 3.05 bits per heavy atom. The summed E-state index contributed by atoms with van der Waals surface area (Å²) in [6.07, 6.45) is 1.88. The maximum Gasteiger partial charge on any atom is 0.326 e. The van der Waals surface area contributed by atoms with E-state index in [1.54, 1.807) is 14.0 Å². The Bertz CT molecular complexity index is 591. The van der Waals surface area contributed by atoms with Crippen LogP contribution in [-0.2, 0) is 17.8 Å². The predicted molar refractivity (Wildman–Crippen MR) is 72.1 cm³/mol. The van der Waals surface area contributed by atoms with Gasteiger partial charge in [0.05, 0.1) is 36.7 Å². The zero-order chi connectivity index (χ0) is 15.6. The number of nitrogens with zero attached hydrogens (tertiary/aromatic N) is 4. The molecular weight excluding hydrogens is 274 g/mol. The first-order valence-corrected chi connectivity index (χ1v) is 6.60. The highest BCUT2D eigenvalue weighted by atomic mass is 16.4. The van der Waals surface area contributed by atoms with Crippen LogP contribution in [0.5, 0.6) is 0 Å². The fraction of sp³-hybridized carbons (Fsp3) is 0.538. The number of amides is 2. The molecule has 112 valence electrons. The molecule has 1 aromatic heterocycles. The SMILES string of the molecule is CC(CC#N)N(C)C(=O)N1Cc2[nH]cnc2CC1C(=O)O. The lowest BCUT2D eigenvalue weighted by atomic mass is 10.0. The number of aliphatic carboxylic acids is 1. The lowest BCUT2D eigenvalue weighted by Crippen LogP contribution is -2.54. The average Bonchev–Trinajstić information content (AvgIpc) is 2.91. The van der Waals surface area contributed by atoms with Crippen LogP contribution in [0.3, 0.4) is 0 Å². The zero-order valence-corrected chi connectivity index (χ0v) is 11.9. The van der Waals surface area contributed by atoms with Crippen molar-refractivity contribution in [3.8, 4) is 6.07 Å². The largest absolute Gasteiger partial charge is 0.480 e. The van der Waals surface area contributed by atoms with E-state index in [0.29, 0.717) is 5.69 Å². The van der Waals surface area contributed by atoms with E-state index in [0.717, 1.165) is 5.69 Å². The minimum absolute atomic E-state index is 0.175. The summed E-state index contributed by atoms with van der Waals surface area (Å²) < 4.78 is 0. The molecule has 8 heteroatoms. The fourth-order valence-electron chi connectivity index (χ4n) is 2.32. The smallest absolute Gasteiger partial charge is 0.326 e. The third kappa shape index (κ3) is 2.81. The van der Waals surface area contributed by atoms with Gasteiger partial charge in [-0.1, -0.05) is 0 Å². The topological polar surface area (TPSA) is 113 Å². The van der Waals surface area contributed by atoms with E-state index in [1.165, 1.54) is 16.1 Å². The summed E-state index contributed by atoms with van der Waals surface area (Å²) in [6.45, 7) is 1.93. The number of aromatic amines is 1. The van der Waals surface area contributed by atoms with Crippen molar-refractivity contribution in [2.24, 2.45) is 0 Å². The minimum atomic E-state index is -1.06. The van der Waals surface area contributed by atoms with E-state index in [9.17, 15) is 14.7 Å². The Balaban J connectivity index is 2.22. The summed E-state index contributed by atoms with van der Waals surface area (Å²) in [5, 5.41) is 18.1. The van der Waals surface area contributed by atoms with Crippen LogP contribution in [0.2, 0.25) is 0 Å². The van der Waals surface area contributed by atoms with Crippen LogP contribution in [0.1, 0.15) is 24.7 Å². The van der Waals surface area contributed by atoms with Crippen molar-refractivity contribution in [2.45, 2.75) is 38.4 Å². The molecule has 1 aromatic rings. The number of carboxylic acids is 1. The molecule has 2 heterocycles. The van der Waals surface area contributed by atoms with Gasteiger partial charge in [-0.15, -0.1) is 0 Å². The number of hydrogen-bond acceptors (Lipinski definition) is 4. The van der Waals surface area contributed by atoms with Crippen LogP contribution in [0.4, 0.5) is 4.79 Å². The lowest BCUT2D eigenvalue weighted by Gasteiger charge is -2.36. The van der Waals surface area contributed by atoms with Gasteiger partial charge in [0, 0.05) is 19.5 Å². The summed E-state index contributed by atoms with van der Waals surface area (Å²) in [4.78, 5) is 33.6. The molecule has 2 N–H and O–H groups in total. The number of hydrogen-bond donors (Lipinski definition) is 2. The number of aromatic nitrogens is 2. The number of carbonyl (C=O) groups is 2. The number of fused-ring (bicyclic) bond motifs is 1. The first-order chi connectivity index (χ1) is 9.95. The minimum Gasteiger partial charge on any atom is -0.480 e. The molecule has 0 saturated heterocycles. The van der Waals surface area contributed by atoms with E-state index in [2.05, 4.69) is 9.97 Å². The monoisotopic (exact) mass is 291 g/mol. The Morgan fingerprint density at radius 1 is 1.71 bits per heavy atom. The maximum absolute atomic E-state index is 12.5. The summed E-state index contributed by atoms with van der Waals surface area (Å²) >= 11 is 0. The summed E-state index contributed by atoms with van der Waals surface area (Å²) in [7, 11) is 1.58. The van der Waals surface area contributed by atoms with E-state index >= 15 is 0 Å². The second kappa shape index (κ2) is 5.83. The molecule has 0 saturated carbocycles. The molecule has 0 bridgehead atoms. The molecule has 21 heavy (non-hydrogen) atoms. The number of carbonyl (C=O) groups excluding carboxylic acids is 1. The van der Waals surface area contributed by atoms with Crippen LogP contribution in [-0.4, -0.2) is 56.0 Å². The zero-order valence-electron chi connectivity index (χ0n) is 11.9. The van der Waals surface area contributed by atoms with Gasteiger partial charge in [0.1, 0.15) is 6.04 Å². The highest BCUT2D eigenvalue weighted by Crippen LogP contribution is 2.22. The van der Waals surface area contributed by atoms with E-state index in [1.807, 2.05) is 6.07 Å². The summed E-state index contributed by atoms with van der Waals surface area (Å²) in [5.41, 5.74) is 1.43. The standard InChI is InChI=1S/C13H17N5O3/c1-8(3-4-14)17(2)13(21)18-6-10-9(15-7-16-10)5-11(18)12(19)20/h7-8,11H,3,5-6H2,1-2H3,(H,15,16)(H,19,20). The number of nitriles is 1. The number of imidazole rings is 1. The van der Waals surface area contributed by atoms with Crippen molar-refractivity contribution in [2.75, 3.05) is 7.05 Å². The number of urea groups is 1. The van der Waals surface area contributed by atoms with Crippen LogP contribution < -0.4 is 0 Å². The third-order valence-corrected chi connectivity index (χ3v) is 3.78. The van der Waals surface area contributed by atoms with Crippen molar-refractivity contribution in [1.29, 1.82) is 5.26 Å². The lowest BCUT2D eigenvalue weighted by molar-refractivity contribution is -0.143. The van der Waals surface area contributed by atoms with E-state index < -0.39 is 18.0 Å². The second-order valence-electron chi connectivity index (χ2n) is 5.12. The van der Waals surface area contributed by atoms with Gasteiger partial charge in [0.15, 0.2) is 0 Å². The molecule has 0 aromatic carbocycles. The first-order valence-electron chi connectivity index (χ1n) is 6.60. The third-order valence-electron chi connectivity index (χ3n) is 3.78. The Morgan fingerprint density at radius 2 is 2.43 bits per heavy atom. The van der Waals surface area contributed by atoms with Crippen LogP contribution >= 0.6 is 0 Å². The second-order valence-corrected chi connectivity index (χ2v) is 5.12. The van der Waals surface area contributed by atoms with Crippen molar-refractivity contribution >= 4 is 12.0 Å². The molecule has 2 unspecified atom stereocenters. The Kier molecular flexibility index (Phi) is 4.12. The molecule has 2 amide bonds. The average molecular weight is 291 g/mol. The quantitative estimate of drug-likeness (QED) is 0.845. The summed E-state index contributed by atoms with van der Waals surface area (Å²) in [5.74, 6) is -1.06. The Hall–Kier alpha value is -2.56. The molecule has 0 radical (unpaired) electrons. The van der Waals surface area contributed by atoms with Crippen molar-refractivity contribution in [3.63, 3.8) is 0 Å². The molecule has 0 fully saturated rings. The van der Waals surface area contributed by atoms with Crippen molar-refractivity contribution in [3.05, 3.63) is 17.7 Å². The molecule has 1 aliphatic rings. The van der Waals surface area contributed by atoms with Gasteiger partial charge in [0.2, 0.25) is 0 Å². The molecule has 0 spiro atoms. The molecule has 1 aliphatic heterocycles. The van der Waals surface area contributed by atoms with Gasteiger partial charge in [0.25, 0.3) is 0 Å². The number of carboxylic acid groups (broad SMARTS) is 1.